The minimum atomic E-state index is -0.108. The summed E-state index contributed by atoms with van der Waals surface area (Å²) in [6, 6.07) is 5.71. The molecule has 1 aromatic heterocycles. The topological polar surface area (TPSA) is 51.7 Å². The van der Waals surface area contributed by atoms with E-state index in [1.807, 2.05) is 17.1 Å². The van der Waals surface area contributed by atoms with Crippen molar-refractivity contribution in [1.29, 1.82) is 0 Å². The number of rotatable bonds is 3. The summed E-state index contributed by atoms with van der Waals surface area (Å²) in [7, 11) is 2.10. The van der Waals surface area contributed by atoms with Crippen molar-refractivity contribution in [3.63, 3.8) is 0 Å². The molecule has 0 aliphatic carbocycles. The number of nitrogens with one attached hydrogen (secondary N) is 1. The Labute approximate surface area is 132 Å². The molecular weight excluding hydrogens is 278 g/mol. The van der Waals surface area contributed by atoms with Crippen molar-refractivity contribution in [2.45, 2.75) is 19.3 Å². The summed E-state index contributed by atoms with van der Waals surface area (Å²) in [5, 5.41) is 1.98. The van der Waals surface area contributed by atoms with E-state index >= 15 is 0 Å². The smallest absolute Gasteiger partial charge is 0.284 e. The second-order valence-corrected chi connectivity index (χ2v) is 6.16. The fourth-order valence-electron chi connectivity index (χ4n) is 2.97. The second kappa shape index (κ2) is 7.07. The van der Waals surface area contributed by atoms with Crippen LogP contribution in [-0.4, -0.2) is 67.1 Å². The Bertz CT molecular complexity index is 507. The zero-order valence-corrected chi connectivity index (χ0v) is 13.3. The molecule has 2 fully saturated rings. The molecule has 22 heavy (non-hydrogen) atoms. The quantitative estimate of drug-likeness (QED) is 0.901. The van der Waals surface area contributed by atoms with Crippen molar-refractivity contribution in [2.24, 2.45) is 0 Å². The van der Waals surface area contributed by atoms with E-state index in [1.165, 1.54) is 19.3 Å². The van der Waals surface area contributed by atoms with E-state index < -0.39 is 0 Å². The third-order valence-electron chi connectivity index (χ3n) is 4.41. The van der Waals surface area contributed by atoms with Crippen LogP contribution in [0.5, 0.6) is 0 Å². The molecule has 0 spiro atoms. The first-order chi connectivity index (χ1) is 10.7. The Morgan fingerprint density at radius 1 is 1.05 bits per heavy atom. The van der Waals surface area contributed by atoms with Crippen LogP contribution in [0.3, 0.4) is 0 Å². The molecule has 2 saturated heterocycles. The number of likely N-dealkylation sites (N-methyl/N-ethyl adjacent to an activating group) is 1. The molecule has 1 N–H and O–H groups in total. The van der Waals surface area contributed by atoms with Gasteiger partial charge >= 0.3 is 0 Å². The third-order valence-corrected chi connectivity index (χ3v) is 4.41. The first kappa shape index (κ1) is 15.2. The van der Waals surface area contributed by atoms with Crippen molar-refractivity contribution in [3.05, 3.63) is 23.9 Å². The monoisotopic (exact) mass is 303 g/mol. The number of hydrogen-bond acceptors (Lipinski definition) is 5. The summed E-state index contributed by atoms with van der Waals surface area (Å²) in [4.78, 5) is 21.5. The number of carbonyl (C=O) groups excluding carboxylic acids is 1. The molecule has 2 aliphatic rings. The van der Waals surface area contributed by atoms with Crippen LogP contribution in [0.15, 0.2) is 18.2 Å². The number of piperidine rings is 1. The van der Waals surface area contributed by atoms with Gasteiger partial charge in [0.2, 0.25) is 0 Å². The van der Waals surface area contributed by atoms with Gasteiger partial charge in [0.05, 0.1) is 0 Å². The van der Waals surface area contributed by atoms with Crippen molar-refractivity contribution < 1.29 is 4.79 Å². The molecule has 3 rings (SSSR count). The van der Waals surface area contributed by atoms with E-state index in [2.05, 4.69) is 27.3 Å². The predicted octanol–water partition coefficient (Wildman–Crippen LogP) is 0.964. The molecular formula is C16H25N5O. The number of nitrogens with zero attached hydrogens (tertiary/aromatic N) is 4. The fraction of sp³-hybridized carbons (Fsp3) is 0.625. The Morgan fingerprint density at radius 2 is 1.77 bits per heavy atom. The molecule has 3 heterocycles. The largest absolute Gasteiger partial charge is 0.357 e. The lowest BCUT2D eigenvalue weighted by molar-refractivity contribution is 0.0658. The van der Waals surface area contributed by atoms with E-state index in [0.717, 1.165) is 45.1 Å². The van der Waals surface area contributed by atoms with Crippen LogP contribution in [0.2, 0.25) is 0 Å². The van der Waals surface area contributed by atoms with E-state index in [-0.39, 0.29) is 5.91 Å². The molecule has 6 nitrogen and oxygen atoms in total. The highest BCUT2D eigenvalue weighted by atomic mass is 16.2. The Morgan fingerprint density at radius 3 is 2.50 bits per heavy atom. The Hall–Kier alpha value is -1.66. The van der Waals surface area contributed by atoms with Crippen LogP contribution in [0.4, 0.5) is 5.82 Å². The first-order valence-corrected chi connectivity index (χ1v) is 8.19. The average Bonchev–Trinajstić information content (AvgIpc) is 2.58. The molecule has 2 aliphatic heterocycles. The minimum absolute atomic E-state index is 0.108. The highest BCUT2D eigenvalue weighted by Crippen LogP contribution is 2.17. The van der Waals surface area contributed by atoms with Gasteiger partial charge in [0, 0.05) is 39.3 Å². The van der Waals surface area contributed by atoms with Crippen LogP contribution in [0.1, 0.15) is 29.8 Å². The maximum Gasteiger partial charge on any atom is 0.284 e. The van der Waals surface area contributed by atoms with Crippen molar-refractivity contribution in [1.82, 2.24) is 20.3 Å². The lowest BCUT2D eigenvalue weighted by Crippen LogP contribution is -2.52. The maximum absolute atomic E-state index is 12.4. The van der Waals surface area contributed by atoms with E-state index in [1.54, 1.807) is 6.07 Å². The number of hydrogen-bond donors (Lipinski definition) is 1. The highest BCUT2D eigenvalue weighted by Gasteiger charge is 2.18. The molecule has 120 valence electrons. The fourth-order valence-corrected chi connectivity index (χ4v) is 2.97. The van der Waals surface area contributed by atoms with Gasteiger partial charge in [-0.25, -0.2) is 9.99 Å². The molecule has 0 saturated carbocycles. The molecule has 0 unspecified atom stereocenters. The third kappa shape index (κ3) is 3.75. The Kier molecular flexibility index (Phi) is 4.90. The molecule has 1 aromatic rings. The number of piperazine rings is 1. The van der Waals surface area contributed by atoms with Gasteiger partial charge in [0.1, 0.15) is 11.5 Å². The van der Waals surface area contributed by atoms with E-state index in [0.29, 0.717) is 5.69 Å². The number of aromatic nitrogens is 1. The van der Waals surface area contributed by atoms with Gasteiger partial charge in [-0.15, -0.1) is 0 Å². The first-order valence-electron chi connectivity index (χ1n) is 8.19. The summed E-state index contributed by atoms with van der Waals surface area (Å²) in [5.41, 5.74) is 3.47. The van der Waals surface area contributed by atoms with Crippen molar-refractivity contribution in [3.8, 4) is 0 Å². The van der Waals surface area contributed by atoms with Crippen molar-refractivity contribution in [2.75, 3.05) is 51.2 Å². The van der Waals surface area contributed by atoms with Gasteiger partial charge in [-0.2, -0.15) is 0 Å². The van der Waals surface area contributed by atoms with Crippen LogP contribution in [0, 0.1) is 0 Å². The molecule has 0 radical (unpaired) electrons. The minimum Gasteiger partial charge on any atom is -0.357 e. The molecule has 0 atom stereocenters. The van der Waals surface area contributed by atoms with Gasteiger partial charge in [0.15, 0.2) is 0 Å². The van der Waals surface area contributed by atoms with Gasteiger partial charge in [-0.05, 0) is 38.4 Å². The van der Waals surface area contributed by atoms with Crippen molar-refractivity contribution >= 4 is 11.7 Å². The maximum atomic E-state index is 12.4. The molecule has 0 bridgehead atoms. The number of anilines is 1. The summed E-state index contributed by atoms with van der Waals surface area (Å²) < 4.78 is 0. The second-order valence-electron chi connectivity index (χ2n) is 6.16. The van der Waals surface area contributed by atoms with E-state index in [9.17, 15) is 4.79 Å². The van der Waals surface area contributed by atoms with Gasteiger partial charge in [-0.3, -0.25) is 10.2 Å². The lowest BCUT2D eigenvalue weighted by Gasteiger charge is -2.32. The predicted molar refractivity (Wildman–Crippen MR) is 86.8 cm³/mol. The SMILES string of the molecule is CN1CCN(NC(=O)c2cccc(N3CCCCC3)n2)CC1. The van der Waals surface area contributed by atoms with Crippen LogP contribution in [0.25, 0.3) is 0 Å². The zero-order valence-electron chi connectivity index (χ0n) is 13.3. The molecule has 1 amide bonds. The average molecular weight is 303 g/mol. The van der Waals surface area contributed by atoms with Gasteiger partial charge in [-0.1, -0.05) is 6.07 Å². The number of pyridine rings is 1. The number of amides is 1. The van der Waals surface area contributed by atoms with Crippen LogP contribution < -0.4 is 10.3 Å². The summed E-state index contributed by atoms with van der Waals surface area (Å²) >= 11 is 0. The summed E-state index contributed by atoms with van der Waals surface area (Å²) in [6.07, 6.45) is 3.71. The Balaban J connectivity index is 1.62. The lowest BCUT2D eigenvalue weighted by atomic mass is 10.1. The number of hydrazine groups is 1. The van der Waals surface area contributed by atoms with Gasteiger partial charge < -0.3 is 9.80 Å². The standard InChI is InChI=1S/C16H25N5O/c1-19-10-12-21(13-11-19)18-16(22)14-6-5-7-15(17-14)20-8-3-2-4-9-20/h5-7H,2-4,8-13H2,1H3,(H,18,22). The zero-order chi connectivity index (χ0) is 15.4. The summed E-state index contributed by atoms with van der Waals surface area (Å²) in [6.45, 7) is 5.73. The van der Waals surface area contributed by atoms with Crippen LogP contribution in [-0.2, 0) is 0 Å². The van der Waals surface area contributed by atoms with E-state index in [4.69, 9.17) is 0 Å². The molecule has 0 aromatic carbocycles. The molecule has 6 heteroatoms. The number of carbonyl (C=O) groups is 1. The van der Waals surface area contributed by atoms with Crippen LogP contribution >= 0.6 is 0 Å². The normalized spacial score (nSPS) is 20.9. The highest BCUT2D eigenvalue weighted by molar-refractivity contribution is 5.92. The van der Waals surface area contributed by atoms with Gasteiger partial charge in [0.25, 0.3) is 5.91 Å². The summed E-state index contributed by atoms with van der Waals surface area (Å²) in [5.74, 6) is 0.814.